The Kier molecular flexibility index (Phi) is 4.94. The molecule has 120 valence electrons. The molecular weight excluding hydrogens is 314 g/mol. The van der Waals surface area contributed by atoms with Crippen molar-refractivity contribution in [3.8, 4) is 17.1 Å². The monoisotopic (exact) mass is 331 g/mol. The van der Waals surface area contributed by atoms with Crippen LogP contribution in [0.25, 0.3) is 11.4 Å². The normalized spacial score (nSPS) is 10.9. The molecule has 0 N–H and O–H groups in total. The zero-order chi connectivity index (χ0) is 16.1. The average molecular weight is 331 g/mol. The van der Waals surface area contributed by atoms with E-state index in [0.717, 1.165) is 21.3 Å². The summed E-state index contributed by atoms with van der Waals surface area (Å²) in [7, 11) is 1.84. The van der Waals surface area contributed by atoms with Gasteiger partial charge in [0.05, 0.1) is 0 Å². The molecule has 0 fully saturated rings. The van der Waals surface area contributed by atoms with Crippen LogP contribution in [0.5, 0.6) is 5.75 Å². The van der Waals surface area contributed by atoms with Crippen molar-refractivity contribution in [2.45, 2.75) is 20.1 Å². The molecule has 0 aliphatic carbocycles. The number of hydrogen-bond acceptors (Lipinski definition) is 7. The third-order valence-electron chi connectivity index (χ3n) is 3.01. The lowest BCUT2D eigenvalue weighted by molar-refractivity contribution is 0.133. The molecule has 7 nitrogen and oxygen atoms in total. The molecular formula is C15H17N5O2S. The first kappa shape index (κ1) is 15.6. The molecule has 0 bridgehead atoms. The molecule has 3 rings (SSSR count). The van der Waals surface area contributed by atoms with Crippen molar-refractivity contribution in [2.24, 2.45) is 7.05 Å². The highest BCUT2D eigenvalue weighted by atomic mass is 32.1. The third-order valence-corrected chi connectivity index (χ3v) is 3.88. The number of nitrogens with zero attached hydrogens (tertiary/aromatic N) is 5. The van der Waals surface area contributed by atoms with E-state index in [9.17, 15) is 0 Å². The van der Waals surface area contributed by atoms with Crippen LogP contribution < -0.4 is 4.74 Å². The van der Waals surface area contributed by atoms with Crippen LogP contribution >= 0.6 is 11.3 Å². The standard InChI is InChI=1S/C15H17N5O2S/c1-3-21-8-13-17-18-14(23-13)9-22-12-6-4-11(5-7-12)15-16-10-20(2)19-15/h4-7,10H,3,8-9H2,1-2H3. The van der Waals surface area contributed by atoms with E-state index < -0.39 is 0 Å². The lowest BCUT2D eigenvalue weighted by atomic mass is 10.2. The quantitative estimate of drug-likeness (QED) is 0.662. The summed E-state index contributed by atoms with van der Waals surface area (Å²) in [4.78, 5) is 4.22. The van der Waals surface area contributed by atoms with Crippen molar-refractivity contribution < 1.29 is 9.47 Å². The van der Waals surface area contributed by atoms with Crippen LogP contribution in [-0.4, -0.2) is 31.6 Å². The summed E-state index contributed by atoms with van der Waals surface area (Å²) in [6.07, 6.45) is 1.68. The highest BCUT2D eigenvalue weighted by Crippen LogP contribution is 2.20. The first-order valence-electron chi connectivity index (χ1n) is 7.22. The van der Waals surface area contributed by atoms with E-state index in [-0.39, 0.29) is 0 Å². The van der Waals surface area contributed by atoms with Gasteiger partial charge in [0.25, 0.3) is 0 Å². The van der Waals surface area contributed by atoms with Gasteiger partial charge in [-0.3, -0.25) is 4.68 Å². The Morgan fingerprint density at radius 3 is 2.48 bits per heavy atom. The van der Waals surface area contributed by atoms with Gasteiger partial charge in [-0.15, -0.1) is 10.2 Å². The minimum absolute atomic E-state index is 0.394. The number of ether oxygens (including phenoxy) is 2. The number of hydrogen-bond donors (Lipinski definition) is 0. The molecule has 0 aliphatic rings. The second kappa shape index (κ2) is 7.30. The maximum absolute atomic E-state index is 5.73. The van der Waals surface area contributed by atoms with E-state index in [0.29, 0.717) is 25.6 Å². The lowest BCUT2D eigenvalue weighted by Gasteiger charge is -2.04. The number of rotatable bonds is 7. The van der Waals surface area contributed by atoms with E-state index in [2.05, 4.69) is 20.3 Å². The summed E-state index contributed by atoms with van der Waals surface area (Å²) < 4.78 is 12.7. The molecule has 2 aromatic heterocycles. The molecule has 0 saturated carbocycles. The van der Waals surface area contributed by atoms with E-state index in [1.54, 1.807) is 11.0 Å². The molecule has 3 aromatic rings. The second-order valence-corrected chi connectivity index (χ2v) is 5.93. The van der Waals surface area contributed by atoms with Crippen molar-refractivity contribution in [3.05, 3.63) is 40.6 Å². The largest absolute Gasteiger partial charge is 0.486 e. The number of benzene rings is 1. The Hall–Kier alpha value is -2.32. The zero-order valence-electron chi connectivity index (χ0n) is 13.0. The van der Waals surface area contributed by atoms with Crippen LogP contribution in [0, 0.1) is 0 Å². The Bertz CT molecular complexity index is 753. The minimum Gasteiger partial charge on any atom is -0.486 e. The summed E-state index contributed by atoms with van der Waals surface area (Å²) in [6.45, 7) is 3.52. The zero-order valence-corrected chi connectivity index (χ0v) is 13.8. The van der Waals surface area contributed by atoms with Gasteiger partial charge in [-0.1, -0.05) is 11.3 Å². The summed E-state index contributed by atoms with van der Waals surface area (Å²) in [6, 6.07) is 7.66. The van der Waals surface area contributed by atoms with Crippen LogP contribution in [-0.2, 0) is 25.0 Å². The smallest absolute Gasteiger partial charge is 0.181 e. The Labute approximate surface area is 137 Å². The van der Waals surface area contributed by atoms with Crippen molar-refractivity contribution in [1.29, 1.82) is 0 Å². The molecule has 1 aromatic carbocycles. The van der Waals surface area contributed by atoms with Gasteiger partial charge < -0.3 is 9.47 Å². The van der Waals surface area contributed by atoms with Crippen molar-refractivity contribution >= 4 is 11.3 Å². The lowest BCUT2D eigenvalue weighted by Crippen LogP contribution is -1.95. The van der Waals surface area contributed by atoms with Gasteiger partial charge in [0.1, 0.15) is 30.3 Å². The van der Waals surface area contributed by atoms with E-state index in [4.69, 9.17) is 9.47 Å². The maximum Gasteiger partial charge on any atom is 0.181 e. The van der Waals surface area contributed by atoms with Gasteiger partial charge in [0.2, 0.25) is 0 Å². The van der Waals surface area contributed by atoms with Gasteiger partial charge >= 0.3 is 0 Å². The predicted octanol–water partition coefficient (Wildman–Crippen LogP) is 2.45. The van der Waals surface area contributed by atoms with Crippen molar-refractivity contribution in [1.82, 2.24) is 25.0 Å². The topological polar surface area (TPSA) is 75.0 Å². The van der Waals surface area contributed by atoms with E-state index in [1.807, 2.05) is 38.2 Å². The van der Waals surface area contributed by atoms with Crippen LogP contribution in [0.4, 0.5) is 0 Å². The molecule has 0 atom stereocenters. The molecule has 0 radical (unpaired) electrons. The van der Waals surface area contributed by atoms with Gasteiger partial charge in [0.15, 0.2) is 10.8 Å². The minimum atomic E-state index is 0.394. The third kappa shape index (κ3) is 4.11. The first-order valence-corrected chi connectivity index (χ1v) is 8.04. The molecule has 23 heavy (non-hydrogen) atoms. The summed E-state index contributed by atoms with van der Waals surface area (Å²) in [5, 5.41) is 14.1. The molecule has 0 unspecified atom stereocenters. The Morgan fingerprint density at radius 2 is 1.83 bits per heavy atom. The van der Waals surface area contributed by atoms with Crippen LogP contribution in [0.1, 0.15) is 16.9 Å². The summed E-state index contributed by atoms with van der Waals surface area (Å²) >= 11 is 1.50. The van der Waals surface area contributed by atoms with Crippen molar-refractivity contribution in [3.63, 3.8) is 0 Å². The van der Waals surface area contributed by atoms with E-state index >= 15 is 0 Å². The van der Waals surface area contributed by atoms with Gasteiger partial charge in [0, 0.05) is 19.2 Å². The number of aryl methyl sites for hydroxylation is 1. The predicted molar refractivity (Wildman–Crippen MR) is 86.0 cm³/mol. The molecule has 8 heteroatoms. The van der Waals surface area contributed by atoms with E-state index in [1.165, 1.54) is 11.3 Å². The van der Waals surface area contributed by atoms with Gasteiger partial charge in [-0.25, -0.2) is 4.98 Å². The molecule has 0 saturated heterocycles. The number of aromatic nitrogens is 5. The maximum atomic E-state index is 5.73. The molecule has 0 aliphatic heterocycles. The second-order valence-electron chi connectivity index (χ2n) is 4.78. The van der Waals surface area contributed by atoms with Crippen LogP contribution in [0.3, 0.4) is 0 Å². The highest BCUT2D eigenvalue weighted by molar-refractivity contribution is 7.11. The van der Waals surface area contributed by atoms with Crippen LogP contribution in [0.2, 0.25) is 0 Å². The van der Waals surface area contributed by atoms with Gasteiger partial charge in [-0.05, 0) is 31.2 Å². The van der Waals surface area contributed by atoms with Crippen LogP contribution in [0.15, 0.2) is 30.6 Å². The SMILES string of the molecule is CCOCc1nnc(COc2ccc(-c3ncn(C)n3)cc2)s1. The molecule has 0 spiro atoms. The Morgan fingerprint density at radius 1 is 1.09 bits per heavy atom. The highest BCUT2D eigenvalue weighted by Gasteiger charge is 2.06. The fraction of sp³-hybridized carbons (Fsp3) is 0.333. The first-order chi connectivity index (χ1) is 11.2. The van der Waals surface area contributed by atoms with Crippen molar-refractivity contribution in [2.75, 3.05) is 6.61 Å². The fourth-order valence-corrected chi connectivity index (χ4v) is 2.61. The van der Waals surface area contributed by atoms with Gasteiger partial charge in [-0.2, -0.15) is 5.10 Å². The average Bonchev–Trinajstić information content (AvgIpc) is 3.20. The fourth-order valence-electron chi connectivity index (χ4n) is 1.91. The summed E-state index contributed by atoms with van der Waals surface area (Å²) in [5.41, 5.74) is 0.952. The molecule has 0 amide bonds. The molecule has 2 heterocycles. The summed E-state index contributed by atoms with van der Waals surface area (Å²) in [5.74, 6) is 1.47. The Balaban J connectivity index is 1.57.